The summed E-state index contributed by atoms with van der Waals surface area (Å²) < 4.78 is 7.75. The fourth-order valence-electron chi connectivity index (χ4n) is 4.40. The molecule has 0 saturated heterocycles. The fourth-order valence-corrected chi connectivity index (χ4v) is 4.40. The first-order valence-electron chi connectivity index (χ1n) is 12.3. The highest BCUT2D eigenvalue weighted by molar-refractivity contribution is 6.13. The van der Waals surface area contributed by atoms with Gasteiger partial charge in [0.1, 0.15) is 11.6 Å². The molecule has 2 aromatic carbocycles. The molecule has 2 amide bonds. The van der Waals surface area contributed by atoms with E-state index in [2.05, 4.69) is 20.6 Å². The molecular weight excluding hydrogens is 482 g/mol. The lowest BCUT2D eigenvalue weighted by Crippen LogP contribution is -2.27. The second-order valence-corrected chi connectivity index (χ2v) is 8.82. The van der Waals surface area contributed by atoms with Crippen molar-refractivity contribution >= 4 is 40.4 Å². The molecule has 0 radical (unpaired) electrons. The Morgan fingerprint density at radius 3 is 2.66 bits per heavy atom. The topological polar surface area (TPSA) is 105 Å². The summed E-state index contributed by atoms with van der Waals surface area (Å²) in [6, 6.07) is 14.7. The minimum Gasteiger partial charge on any atom is -0.492 e. The van der Waals surface area contributed by atoms with Crippen molar-refractivity contribution in [2.45, 2.75) is 13.5 Å². The van der Waals surface area contributed by atoms with E-state index in [1.807, 2.05) is 60.0 Å². The Hall–Kier alpha value is -4.86. The Bertz CT molecular complexity index is 1470. The van der Waals surface area contributed by atoms with Gasteiger partial charge in [0.05, 0.1) is 47.4 Å². The van der Waals surface area contributed by atoms with Gasteiger partial charge < -0.3 is 29.7 Å². The molecule has 3 heterocycles. The van der Waals surface area contributed by atoms with Crippen LogP contribution >= 0.6 is 0 Å². The molecule has 4 aromatic rings. The third-order valence-corrected chi connectivity index (χ3v) is 6.41. The SMILES string of the molecule is CCOc1cc(C(=O)NCCn2ccnc2)ccc1Nc1cc2c(cn1)N(C)C(=O)c1ccccc1N2C. The van der Waals surface area contributed by atoms with Gasteiger partial charge in [-0.25, -0.2) is 9.97 Å². The normalized spacial score (nSPS) is 12.4. The lowest BCUT2D eigenvalue weighted by atomic mass is 10.1. The van der Waals surface area contributed by atoms with Crippen molar-refractivity contribution in [3.05, 3.63) is 84.6 Å². The average molecular weight is 512 g/mol. The standard InChI is InChI=1S/C28H29N7O3/c1-4-38-25-15-19(27(36)30-12-14-35-13-11-29-18-35)9-10-21(25)32-26-16-23-24(17-31-26)34(3)28(37)20-7-5-6-8-22(20)33(23)2/h5-11,13,15-18H,4,12,14H2,1-3H3,(H,30,36)(H,31,32). The Morgan fingerprint density at radius 2 is 1.87 bits per heavy atom. The van der Waals surface area contributed by atoms with Gasteiger partial charge in [0.15, 0.2) is 0 Å². The highest BCUT2D eigenvalue weighted by atomic mass is 16.5. The molecule has 0 atom stereocenters. The zero-order chi connectivity index (χ0) is 26.6. The summed E-state index contributed by atoms with van der Waals surface area (Å²) in [5, 5.41) is 6.24. The Labute approximate surface area is 220 Å². The number of amides is 2. The van der Waals surface area contributed by atoms with Crippen LogP contribution in [0, 0.1) is 0 Å². The zero-order valence-electron chi connectivity index (χ0n) is 21.5. The second kappa shape index (κ2) is 10.6. The first-order chi connectivity index (χ1) is 18.5. The first kappa shape index (κ1) is 24.8. The van der Waals surface area contributed by atoms with Crippen LogP contribution in [0.1, 0.15) is 27.6 Å². The highest BCUT2D eigenvalue weighted by Crippen LogP contribution is 2.40. The van der Waals surface area contributed by atoms with Crippen LogP contribution in [0.25, 0.3) is 0 Å². The molecule has 194 valence electrons. The maximum Gasteiger partial charge on any atom is 0.260 e. The molecule has 0 aliphatic carbocycles. The lowest BCUT2D eigenvalue weighted by Gasteiger charge is -2.23. The summed E-state index contributed by atoms with van der Waals surface area (Å²) in [5.41, 5.74) is 4.15. The lowest BCUT2D eigenvalue weighted by molar-refractivity contribution is 0.0950. The number of ether oxygens (including phenoxy) is 1. The van der Waals surface area contributed by atoms with E-state index in [-0.39, 0.29) is 11.8 Å². The molecule has 0 spiro atoms. The molecular formula is C28H29N7O3. The van der Waals surface area contributed by atoms with E-state index in [1.165, 1.54) is 0 Å². The van der Waals surface area contributed by atoms with Crippen molar-refractivity contribution in [2.75, 3.05) is 42.4 Å². The highest BCUT2D eigenvalue weighted by Gasteiger charge is 2.27. The Balaban J connectivity index is 1.38. The van der Waals surface area contributed by atoms with E-state index in [9.17, 15) is 9.59 Å². The van der Waals surface area contributed by atoms with Crippen molar-refractivity contribution in [1.82, 2.24) is 19.9 Å². The van der Waals surface area contributed by atoms with Crippen LogP contribution in [0.5, 0.6) is 5.75 Å². The molecule has 38 heavy (non-hydrogen) atoms. The monoisotopic (exact) mass is 511 g/mol. The Morgan fingerprint density at radius 1 is 1.03 bits per heavy atom. The number of carbonyl (C=O) groups is 2. The third kappa shape index (κ3) is 4.88. The minimum atomic E-state index is -0.186. The first-order valence-corrected chi connectivity index (χ1v) is 12.3. The van der Waals surface area contributed by atoms with Gasteiger partial charge in [0.25, 0.3) is 11.8 Å². The quantitative estimate of drug-likeness (QED) is 0.365. The molecule has 0 bridgehead atoms. The Kier molecular flexibility index (Phi) is 6.94. The number of benzene rings is 2. The van der Waals surface area contributed by atoms with Gasteiger partial charge in [-0.15, -0.1) is 0 Å². The number of hydrogen-bond donors (Lipinski definition) is 2. The number of aromatic nitrogens is 3. The predicted octanol–water partition coefficient (Wildman–Crippen LogP) is 4.21. The van der Waals surface area contributed by atoms with E-state index in [4.69, 9.17) is 4.74 Å². The van der Waals surface area contributed by atoms with E-state index >= 15 is 0 Å². The third-order valence-electron chi connectivity index (χ3n) is 6.41. The number of rotatable bonds is 8. The van der Waals surface area contributed by atoms with E-state index < -0.39 is 0 Å². The zero-order valence-corrected chi connectivity index (χ0v) is 21.5. The minimum absolute atomic E-state index is 0.0915. The van der Waals surface area contributed by atoms with Gasteiger partial charge in [-0.2, -0.15) is 0 Å². The summed E-state index contributed by atoms with van der Waals surface area (Å²) in [6.45, 7) is 3.44. The summed E-state index contributed by atoms with van der Waals surface area (Å²) in [4.78, 5) is 37.9. The molecule has 5 rings (SSSR count). The molecule has 0 saturated carbocycles. The number of para-hydroxylation sites is 1. The molecule has 1 aliphatic rings. The smallest absolute Gasteiger partial charge is 0.260 e. The summed E-state index contributed by atoms with van der Waals surface area (Å²) in [7, 11) is 3.68. The number of hydrogen-bond acceptors (Lipinski definition) is 7. The van der Waals surface area contributed by atoms with Crippen LogP contribution in [0.2, 0.25) is 0 Å². The van der Waals surface area contributed by atoms with Gasteiger partial charge >= 0.3 is 0 Å². The van der Waals surface area contributed by atoms with Crippen molar-refractivity contribution in [3.8, 4) is 5.75 Å². The van der Waals surface area contributed by atoms with Crippen molar-refractivity contribution < 1.29 is 14.3 Å². The molecule has 0 fully saturated rings. The van der Waals surface area contributed by atoms with E-state index in [1.54, 1.807) is 48.9 Å². The molecule has 10 nitrogen and oxygen atoms in total. The van der Waals surface area contributed by atoms with Crippen LogP contribution in [-0.4, -0.2) is 53.6 Å². The predicted molar refractivity (Wildman–Crippen MR) is 147 cm³/mol. The number of fused-ring (bicyclic) bond motifs is 2. The van der Waals surface area contributed by atoms with E-state index in [0.717, 1.165) is 11.4 Å². The second-order valence-electron chi connectivity index (χ2n) is 8.82. The summed E-state index contributed by atoms with van der Waals surface area (Å²) in [5.74, 6) is 0.840. The average Bonchev–Trinajstić information content (AvgIpc) is 3.44. The van der Waals surface area contributed by atoms with Crippen molar-refractivity contribution in [1.29, 1.82) is 0 Å². The van der Waals surface area contributed by atoms with Crippen LogP contribution in [0.15, 0.2) is 73.4 Å². The van der Waals surface area contributed by atoms with E-state index in [0.29, 0.717) is 53.8 Å². The van der Waals surface area contributed by atoms with Gasteiger partial charge in [0.2, 0.25) is 0 Å². The van der Waals surface area contributed by atoms with Gasteiger partial charge in [-0.1, -0.05) is 12.1 Å². The maximum atomic E-state index is 13.1. The number of nitrogens with one attached hydrogen (secondary N) is 2. The molecule has 1 aliphatic heterocycles. The fraction of sp³-hybridized carbons (Fsp3) is 0.214. The molecule has 2 N–H and O–H groups in total. The van der Waals surface area contributed by atoms with Crippen LogP contribution in [-0.2, 0) is 6.54 Å². The number of anilines is 5. The maximum absolute atomic E-state index is 13.1. The number of imidazole rings is 1. The molecule has 0 unspecified atom stereocenters. The summed E-state index contributed by atoms with van der Waals surface area (Å²) in [6.07, 6.45) is 6.95. The number of pyridine rings is 1. The van der Waals surface area contributed by atoms with Gasteiger partial charge in [-0.3, -0.25) is 9.59 Å². The van der Waals surface area contributed by atoms with Gasteiger partial charge in [-0.05, 0) is 37.3 Å². The largest absolute Gasteiger partial charge is 0.492 e. The van der Waals surface area contributed by atoms with Crippen LogP contribution in [0.4, 0.5) is 28.6 Å². The molecule has 2 aromatic heterocycles. The summed E-state index contributed by atoms with van der Waals surface area (Å²) >= 11 is 0. The number of nitrogens with zero attached hydrogens (tertiary/aromatic N) is 5. The van der Waals surface area contributed by atoms with Crippen molar-refractivity contribution in [2.24, 2.45) is 0 Å². The van der Waals surface area contributed by atoms with Gasteiger partial charge in [0, 0.05) is 51.2 Å². The number of carbonyl (C=O) groups excluding carboxylic acids is 2. The van der Waals surface area contributed by atoms with Crippen molar-refractivity contribution in [3.63, 3.8) is 0 Å². The van der Waals surface area contributed by atoms with Crippen LogP contribution in [0.3, 0.4) is 0 Å². The molecule has 10 heteroatoms. The van der Waals surface area contributed by atoms with Crippen LogP contribution < -0.4 is 25.2 Å².